The fourth-order valence-electron chi connectivity index (χ4n) is 9.02. The number of benzene rings is 3. The second-order valence-electron chi connectivity index (χ2n) is 16.2. The van der Waals surface area contributed by atoms with Crippen LogP contribution in [0.2, 0.25) is 0 Å². The highest BCUT2D eigenvalue weighted by molar-refractivity contribution is 7.90. The Morgan fingerprint density at radius 1 is 0.869 bits per heavy atom. The first kappa shape index (κ1) is 40.3. The summed E-state index contributed by atoms with van der Waals surface area (Å²) in [7, 11) is -4.43. The van der Waals surface area contributed by atoms with E-state index in [4.69, 9.17) is 10.1 Å². The molecule has 2 N–H and O–H groups in total. The first-order chi connectivity index (χ1) is 29.6. The van der Waals surface area contributed by atoms with Gasteiger partial charge in [-0.2, -0.15) is 10.4 Å². The Kier molecular flexibility index (Phi) is 11.3. The molecular formula is C46H47N9O4S2. The van der Waals surface area contributed by atoms with Crippen molar-refractivity contribution in [2.45, 2.75) is 82.7 Å². The van der Waals surface area contributed by atoms with Gasteiger partial charge >= 0.3 is 0 Å². The minimum Gasteiger partial charge on any atom is -0.370 e. The average Bonchev–Trinajstić information content (AvgIpc) is 3.87. The number of nitrogens with one attached hydrogen (secondary N) is 2. The zero-order valence-corrected chi connectivity index (χ0v) is 35.7. The van der Waals surface area contributed by atoms with Gasteiger partial charge in [-0.3, -0.25) is 19.6 Å². The fourth-order valence-corrected chi connectivity index (χ4v) is 10.9. The van der Waals surface area contributed by atoms with E-state index in [0.29, 0.717) is 58.8 Å². The van der Waals surface area contributed by atoms with E-state index < -0.39 is 15.9 Å². The van der Waals surface area contributed by atoms with E-state index in [9.17, 15) is 23.3 Å². The van der Waals surface area contributed by atoms with Gasteiger partial charge in [0.05, 0.1) is 32.6 Å². The molecule has 3 aromatic heterocycles. The van der Waals surface area contributed by atoms with Crippen molar-refractivity contribution in [3.8, 4) is 17.2 Å². The Hall–Kier alpha value is -6.11. The van der Waals surface area contributed by atoms with Gasteiger partial charge in [-0.1, -0.05) is 54.9 Å². The maximum atomic E-state index is 14.4. The van der Waals surface area contributed by atoms with Crippen LogP contribution >= 0.6 is 11.3 Å². The zero-order valence-electron chi connectivity index (χ0n) is 34.1. The lowest BCUT2D eigenvalue weighted by Gasteiger charge is -2.31. The third-order valence-corrected chi connectivity index (χ3v) is 14.6. The minimum atomic E-state index is -4.43. The summed E-state index contributed by atoms with van der Waals surface area (Å²) in [5, 5.41) is 18.3. The standard InChI is InChI=1S/C46H47N9O4S2/c1-30-37(27-48-55(30)28-31-11-4-2-5-12-31)35-18-20-42(50-43(35)45(57)52-61(58,59)34-17-19-40(33(25-34)26-47)53-22-8-3-9-23-53)54-24-21-32-13-10-14-36(38(32)29-54)44(56)51-46-49-39-15-6-7-16-41(39)60-46/h6-7,10,13-20,25,27,31H,2-5,8-9,11-12,21-24,28-29H2,1H3,(H,52,57)(H,49,51,56). The summed E-state index contributed by atoms with van der Waals surface area (Å²) >= 11 is 1.41. The number of fused-ring (bicyclic) bond motifs is 2. The van der Waals surface area contributed by atoms with E-state index in [0.717, 1.165) is 78.8 Å². The Morgan fingerprint density at radius 2 is 1.67 bits per heavy atom. The van der Waals surface area contributed by atoms with Gasteiger partial charge in [0, 0.05) is 55.1 Å². The molecule has 2 amide bonds. The van der Waals surface area contributed by atoms with Gasteiger partial charge in [-0.05, 0) is 111 Å². The molecular weight excluding hydrogens is 807 g/mol. The second-order valence-corrected chi connectivity index (χ2v) is 18.9. The van der Waals surface area contributed by atoms with E-state index in [-0.39, 0.29) is 22.1 Å². The van der Waals surface area contributed by atoms with Crippen LogP contribution in [0.25, 0.3) is 21.3 Å². The highest BCUT2D eigenvalue weighted by Gasteiger charge is 2.29. The predicted molar refractivity (Wildman–Crippen MR) is 237 cm³/mol. The molecule has 15 heteroatoms. The van der Waals surface area contributed by atoms with Gasteiger partial charge in [0.1, 0.15) is 17.6 Å². The van der Waals surface area contributed by atoms with Gasteiger partial charge in [0.15, 0.2) is 5.13 Å². The van der Waals surface area contributed by atoms with Crippen LogP contribution in [0.5, 0.6) is 0 Å². The van der Waals surface area contributed by atoms with Crippen LogP contribution in [0, 0.1) is 24.2 Å². The maximum Gasteiger partial charge on any atom is 0.284 e. The second kappa shape index (κ2) is 17.1. The van der Waals surface area contributed by atoms with Crippen molar-refractivity contribution in [3.63, 3.8) is 0 Å². The zero-order chi connectivity index (χ0) is 42.1. The first-order valence-electron chi connectivity index (χ1n) is 21.1. The smallest absolute Gasteiger partial charge is 0.284 e. The van der Waals surface area contributed by atoms with Crippen molar-refractivity contribution < 1.29 is 18.0 Å². The van der Waals surface area contributed by atoms with E-state index in [1.54, 1.807) is 24.4 Å². The lowest BCUT2D eigenvalue weighted by atomic mass is 9.89. The Morgan fingerprint density at radius 3 is 2.48 bits per heavy atom. The summed E-state index contributed by atoms with van der Waals surface area (Å²) in [5.74, 6) is -0.189. The predicted octanol–water partition coefficient (Wildman–Crippen LogP) is 8.24. The Bertz CT molecular complexity index is 2760. The molecule has 2 aliphatic heterocycles. The lowest BCUT2D eigenvalue weighted by molar-refractivity contribution is 0.0976. The number of carbonyl (C=O) groups excluding carboxylic acids is 2. The molecule has 9 rings (SSSR count). The number of anilines is 3. The van der Waals surface area contributed by atoms with Gasteiger partial charge in [-0.15, -0.1) is 0 Å². The highest BCUT2D eigenvalue weighted by atomic mass is 32.2. The topological polar surface area (TPSA) is 166 Å². The monoisotopic (exact) mass is 853 g/mol. The third-order valence-electron chi connectivity index (χ3n) is 12.3. The molecule has 1 aliphatic carbocycles. The minimum absolute atomic E-state index is 0.0699. The molecule has 13 nitrogen and oxygen atoms in total. The quantitative estimate of drug-likeness (QED) is 0.137. The summed E-state index contributed by atoms with van der Waals surface area (Å²) in [5.41, 5.74) is 6.07. The summed E-state index contributed by atoms with van der Waals surface area (Å²) in [6.07, 6.45) is 11.4. The van der Waals surface area contributed by atoms with Gasteiger partial charge < -0.3 is 9.80 Å². The van der Waals surface area contributed by atoms with Crippen LogP contribution in [0.4, 0.5) is 16.6 Å². The van der Waals surface area contributed by atoms with Crippen LogP contribution in [0.1, 0.15) is 94.6 Å². The number of para-hydroxylation sites is 1. The lowest BCUT2D eigenvalue weighted by Crippen LogP contribution is -2.35. The molecule has 3 aliphatic rings. The van der Waals surface area contributed by atoms with Gasteiger partial charge in [-0.25, -0.2) is 23.1 Å². The molecule has 1 saturated carbocycles. The van der Waals surface area contributed by atoms with E-state index in [2.05, 4.69) is 26.0 Å². The molecule has 5 heterocycles. The van der Waals surface area contributed by atoms with Crippen LogP contribution < -0.4 is 19.8 Å². The van der Waals surface area contributed by atoms with Crippen molar-refractivity contribution in [1.29, 1.82) is 5.26 Å². The molecule has 0 unspecified atom stereocenters. The molecule has 6 aromatic rings. The molecule has 312 valence electrons. The molecule has 0 atom stereocenters. The maximum absolute atomic E-state index is 14.4. The van der Waals surface area contributed by atoms with Crippen LogP contribution in [0.3, 0.4) is 0 Å². The largest absolute Gasteiger partial charge is 0.370 e. The van der Waals surface area contributed by atoms with Crippen molar-refractivity contribution >= 4 is 60.0 Å². The number of nitriles is 1. The van der Waals surface area contributed by atoms with Crippen LogP contribution in [0.15, 0.2) is 83.9 Å². The Balaban J connectivity index is 1.03. The molecule has 2 fully saturated rings. The number of sulfonamides is 1. The van der Waals surface area contributed by atoms with Crippen molar-refractivity contribution in [3.05, 3.63) is 113 Å². The van der Waals surface area contributed by atoms with Crippen LogP contribution in [-0.2, 0) is 29.5 Å². The van der Waals surface area contributed by atoms with Crippen molar-refractivity contribution in [2.75, 3.05) is 34.8 Å². The number of hydrogen-bond donors (Lipinski definition) is 2. The van der Waals surface area contributed by atoms with Crippen molar-refractivity contribution in [2.24, 2.45) is 5.92 Å². The van der Waals surface area contributed by atoms with E-state index in [1.807, 2.05) is 59.0 Å². The summed E-state index contributed by atoms with van der Waals surface area (Å²) in [4.78, 5) is 41.6. The third kappa shape index (κ3) is 8.34. The van der Waals surface area contributed by atoms with E-state index in [1.165, 1.54) is 42.7 Å². The number of piperidine rings is 1. The Labute approximate surface area is 359 Å². The molecule has 1 saturated heterocycles. The summed E-state index contributed by atoms with van der Waals surface area (Å²) in [6, 6.07) is 23.7. The van der Waals surface area contributed by atoms with E-state index >= 15 is 0 Å². The number of rotatable bonds is 10. The summed E-state index contributed by atoms with van der Waals surface area (Å²) in [6.45, 7) is 5.21. The van der Waals surface area contributed by atoms with Crippen molar-refractivity contribution in [1.82, 2.24) is 24.5 Å². The summed E-state index contributed by atoms with van der Waals surface area (Å²) < 4.78 is 33.2. The normalized spacial score (nSPS) is 15.9. The number of nitrogens with zero attached hydrogens (tertiary/aromatic N) is 7. The number of amides is 2. The van der Waals surface area contributed by atoms with Gasteiger partial charge in [0.25, 0.3) is 21.8 Å². The molecule has 3 aromatic carbocycles. The average molecular weight is 854 g/mol. The SMILES string of the molecule is Cc1c(-c2ccc(N3CCc4cccc(C(=O)Nc5nc6ccccc6s5)c4C3)nc2C(=O)NS(=O)(=O)c2ccc(N3CCCCC3)c(C#N)c2)cnn1CC1CCCCC1. The molecule has 61 heavy (non-hydrogen) atoms. The number of carbonyl (C=O) groups is 2. The fraction of sp³-hybridized carbons (Fsp3) is 0.348. The number of pyridine rings is 1. The first-order valence-corrected chi connectivity index (χ1v) is 23.4. The molecule has 0 radical (unpaired) electrons. The number of thiazole rings is 1. The molecule has 0 bridgehead atoms. The molecule has 0 spiro atoms. The number of hydrogen-bond acceptors (Lipinski definition) is 11. The van der Waals surface area contributed by atoms with Crippen LogP contribution in [-0.4, -0.2) is 59.6 Å². The number of aromatic nitrogens is 4. The highest BCUT2D eigenvalue weighted by Crippen LogP contribution is 2.34. The van der Waals surface area contributed by atoms with Gasteiger partial charge in [0.2, 0.25) is 0 Å².